The monoisotopic (exact) mass is 326 g/mol. The van der Waals surface area contributed by atoms with Gasteiger partial charge in [-0.2, -0.15) is 5.10 Å². The van der Waals surface area contributed by atoms with Crippen LogP contribution in [0.1, 0.15) is 39.7 Å². The highest BCUT2D eigenvalue weighted by Crippen LogP contribution is 2.45. The summed E-state index contributed by atoms with van der Waals surface area (Å²) in [5.41, 5.74) is 11.3. The van der Waals surface area contributed by atoms with Gasteiger partial charge in [0.05, 0.1) is 23.9 Å². The summed E-state index contributed by atoms with van der Waals surface area (Å²) in [7, 11) is 0. The summed E-state index contributed by atoms with van der Waals surface area (Å²) in [4.78, 5) is 0. The van der Waals surface area contributed by atoms with Crippen LogP contribution in [-0.4, -0.2) is 5.71 Å². The Hall–Kier alpha value is -3.07. The smallest absolute Gasteiger partial charge is 0.0941 e. The molecule has 25 heavy (non-hydrogen) atoms. The van der Waals surface area contributed by atoms with Crippen LogP contribution in [0.5, 0.6) is 0 Å². The first kappa shape index (κ1) is 14.3. The second-order valence-electron chi connectivity index (χ2n) is 6.68. The van der Waals surface area contributed by atoms with E-state index in [0.29, 0.717) is 5.92 Å². The number of hydrogen-bond acceptors (Lipinski definition) is 3. The summed E-state index contributed by atoms with van der Waals surface area (Å²) >= 11 is 0. The van der Waals surface area contributed by atoms with Crippen LogP contribution in [0.4, 0.5) is 0 Å². The van der Waals surface area contributed by atoms with Crippen LogP contribution < -0.4 is 5.43 Å². The van der Waals surface area contributed by atoms with Gasteiger partial charge in [0.2, 0.25) is 0 Å². The third-order valence-corrected chi connectivity index (χ3v) is 5.31. The Kier molecular flexibility index (Phi) is 3.14. The zero-order chi connectivity index (χ0) is 16.8. The molecule has 0 fully saturated rings. The molecule has 1 N–H and O–H groups in total. The highest BCUT2D eigenvalue weighted by molar-refractivity contribution is 6.12. The molecule has 0 saturated carbocycles. The molecule has 3 heteroatoms. The van der Waals surface area contributed by atoms with Gasteiger partial charge < -0.3 is 4.42 Å². The third-order valence-electron chi connectivity index (χ3n) is 5.31. The molecule has 1 aliphatic carbocycles. The van der Waals surface area contributed by atoms with E-state index in [2.05, 4.69) is 66.6 Å². The third kappa shape index (κ3) is 2.16. The molecule has 5 rings (SSSR count). The van der Waals surface area contributed by atoms with Crippen LogP contribution in [0.15, 0.2) is 83.2 Å². The Balaban J connectivity index is 1.75. The molecule has 2 aromatic carbocycles. The molecule has 122 valence electrons. The van der Waals surface area contributed by atoms with Crippen molar-refractivity contribution in [3.05, 3.63) is 102 Å². The number of hydrogen-bond donors (Lipinski definition) is 1. The second-order valence-corrected chi connectivity index (χ2v) is 6.68. The second kappa shape index (κ2) is 5.49. The molecule has 0 spiro atoms. The minimum atomic E-state index is 0.162. The Morgan fingerprint density at radius 3 is 2.68 bits per heavy atom. The minimum Gasteiger partial charge on any atom is -0.472 e. The molecule has 0 bridgehead atoms. The zero-order valence-electron chi connectivity index (χ0n) is 13.8. The van der Waals surface area contributed by atoms with E-state index in [1.807, 2.05) is 6.26 Å². The van der Waals surface area contributed by atoms with Crippen molar-refractivity contribution in [2.75, 3.05) is 0 Å². The largest absolute Gasteiger partial charge is 0.472 e. The fourth-order valence-electron chi connectivity index (χ4n) is 4.19. The van der Waals surface area contributed by atoms with E-state index >= 15 is 0 Å². The van der Waals surface area contributed by atoms with E-state index in [0.717, 1.165) is 23.4 Å². The van der Waals surface area contributed by atoms with Crippen molar-refractivity contribution < 1.29 is 4.42 Å². The maximum Gasteiger partial charge on any atom is 0.0941 e. The molecule has 0 saturated heterocycles. The summed E-state index contributed by atoms with van der Waals surface area (Å²) in [6, 6.07) is 19.2. The van der Waals surface area contributed by atoms with E-state index < -0.39 is 0 Å². The molecule has 0 amide bonds. The average Bonchev–Trinajstić information content (AvgIpc) is 3.19. The SMILES string of the molecule is C=C1NN=C2c3c(cccc31)CC(c1ccccc1)C2c1ccoc1. The van der Waals surface area contributed by atoms with Crippen molar-refractivity contribution >= 4 is 11.4 Å². The van der Waals surface area contributed by atoms with Gasteiger partial charge in [-0.15, -0.1) is 0 Å². The summed E-state index contributed by atoms with van der Waals surface area (Å²) in [6.07, 6.45) is 4.57. The maximum absolute atomic E-state index is 5.41. The molecular formula is C22H18N2O. The van der Waals surface area contributed by atoms with Crippen LogP contribution in [0.25, 0.3) is 5.70 Å². The molecule has 3 aromatic rings. The van der Waals surface area contributed by atoms with Gasteiger partial charge >= 0.3 is 0 Å². The number of nitrogens with zero attached hydrogens (tertiary/aromatic N) is 1. The Morgan fingerprint density at radius 2 is 1.88 bits per heavy atom. The molecule has 1 aliphatic heterocycles. The van der Waals surface area contributed by atoms with Gasteiger partial charge in [0.15, 0.2) is 0 Å². The fraction of sp³-hybridized carbons (Fsp3) is 0.136. The van der Waals surface area contributed by atoms with Gasteiger partial charge in [-0.25, -0.2) is 0 Å². The topological polar surface area (TPSA) is 37.5 Å². The number of furan rings is 1. The van der Waals surface area contributed by atoms with Crippen LogP contribution in [0.2, 0.25) is 0 Å². The van der Waals surface area contributed by atoms with E-state index in [1.54, 1.807) is 6.26 Å². The first-order valence-corrected chi connectivity index (χ1v) is 8.55. The van der Waals surface area contributed by atoms with Gasteiger partial charge in [-0.3, -0.25) is 5.43 Å². The molecule has 2 aliphatic rings. The van der Waals surface area contributed by atoms with Crippen molar-refractivity contribution in [3.63, 3.8) is 0 Å². The first-order valence-electron chi connectivity index (χ1n) is 8.55. The Bertz CT molecular complexity index is 971. The maximum atomic E-state index is 5.41. The number of rotatable bonds is 2. The lowest BCUT2D eigenvalue weighted by Gasteiger charge is -2.37. The normalized spacial score (nSPS) is 21.3. The number of nitrogens with one attached hydrogen (secondary N) is 1. The van der Waals surface area contributed by atoms with Crippen LogP contribution in [0.3, 0.4) is 0 Å². The van der Waals surface area contributed by atoms with Gasteiger partial charge in [-0.05, 0) is 23.6 Å². The molecule has 0 radical (unpaired) electrons. The van der Waals surface area contributed by atoms with Crippen molar-refractivity contribution in [3.8, 4) is 0 Å². The zero-order valence-corrected chi connectivity index (χ0v) is 13.8. The van der Waals surface area contributed by atoms with E-state index in [4.69, 9.17) is 9.52 Å². The van der Waals surface area contributed by atoms with Crippen LogP contribution >= 0.6 is 0 Å². The summed E-state index contributed by atoms with van der Waals surface area (Å²) in [6.45, 7) is 4.12. The summed E-state index contributed by atoms with van der Waals surface area (Å²) in [5.74, 6) is 0.490. The molecule has 2 atom stereocenters. The van der Waals surface area contributed by atoms with Crippen molar-refractivity contribution in [1.29, 1.82) is 0 Å². The van der Waals surface area contributed by atoms with Gasteiger partial charge in [0.25, 0.3) is 0 Å². The van der Waals surface area contributed by atoms with Crippen molar-refractivity contribution in [2.45, 2.75) is 18.3 Å². The lowest BCUT2D eigenvalue weighted by atomic mass is 9.68. The quantitative estimate of drug-likeness (QED) is 0.742. The summed E-state index contributed by atoms with van der Waals surface area (Å²) in [5, 5.41) is 4.72. The molecule has 2 unspecified atom stereocenters. The highest BCUT2D eigenvalue weighted by atomic mass is 16.3. The van der Waals surface area contributed by atoms with Crippen molar-refractivity contribution in [1.82, 2.24) is 5.43 Å². The van der Waals surface area contributed by atoms with Gasteiger partial charge in [0.1, 0.15) is 0 Å². The van der Waals surface area contributed by atoms with E-state index in [9.17, 15) is 0 Å². The lowest BCUT2D eigenvalue weighted by Crippen LogP contribution is -2.34. The molecule has 2 heterocycles. The predicted octanol–water partition coefficient (Wildman–Crippen LogP) is 4.68. The van der Waals surface area contributed by atoms with E-state index in [-0.39, 0.29) is 5.92 Å². The summed E-state index contributed by atoms with van der Waals surface area (Å²) < 4.78 is 5.41. The van der Waals surface area contributed by atoms with E-state index in [1.165, 1.54) is 22.3 Å². The fourth-order valence-corrected chi connectivity index (χ4v) is 4.19. The Labute approximate surface area is 146 Å². The van der Waals surface area contributed by atoms with Gasteiger partial charge in [-0.1, -0.05) is 55.1 Å². The predicted molar refractivity (Wildman–Crippen MR) is 99.5 cm³/mol. The number of hydrazone groups is 1. The standard InChI is InChI=1S/C22H18N2O/c1-14-18-9-5-8-16-12-19(15-6-3-2-4-7-15)21(17-10-11-25-13-17)22(20(16)18)24-23-14/h2-11,13,19,21,23H,1,12H2. The Morgan fingerprint density at radius 1 is 1.00 bits per heavy atom. The number of benzene rings is 2. The average molecular weight is 326 g/mol. The van der Waals surface area contributed by atoms with Crippen molar-refractivity contribution in [2.24, 2.45) is 5.10 Å². The lowest BCUT2D eigenvalue weighted by molar-refractivity contribution is 0.553. The highest BCUT2D eigenvalue weighted by Gasteiger charge is 2.39. The minimum absolute atomic E-state index is 0.162. The van der Waals surface area contributed by atoms with Crippen LogP contribution in [0, 0.1) is 0 Å². The van der Waals surface area contributed by atoms with Crippen LogP contribution in [-0.2, 0) is 6.42 Å². The van der Waals surface area contributed by atoms with Gasteiger partial charge in [0, 0.05) is 28.5 Å². The molecule has 3 nitrogen and oxygen atoms in total. The molecule has 1 aromatic heterocycles. The first-order chi connectivity index (χ1) is 12.3. The molecular weight excluding hydrogens is 308 g/mol.